The first-order valence-electron chi connectivity index (χ1n) is 6.01. The maximum Gasteiger partial charge on any atom is 2.00 e. The Hall–Kier alpha value is 0.972. The Bertz CT molecular complexity index is 196. The number of hydrogen-bond donors (Lipinski definition) is 0. The van der Waals surface area contributed by atoms with E-state index in [2.05, 4.69) is 51.8 Å². The van der Waals surface area contributed by atoms with E-state index in [1.54, 1.807) is 0 Å². The van der Waals surface area contributed by atoms with Crippen LogP contribution in [0.3, 0.4) is 0 Å². The van der Waals surface area contributed by atoms with Gasteiger partial charge in [0.2, 0.25) is 0 Å². The van der Waals surface area contributed by atoms with Gasteiger partial charge >= 0.3 is 31.1 Å². The average Bonchev–Trinajstić information content (AvgIpc) is 2.60. The van der Waals surface area contributed by atoms with Crippen LogP contribution < -0.4 is 0 Å². The second-order valence-corrected chi connectivity index (χ2v) is 6.23. The van der Waals surface area contributed by atoms with Gasteiger partial charge in [0, 0.05) is 5.54 Å². The zero-order valence-corrected chi connectivity index (χ0v) is 15.8. The normalized spacial score (nSPS) is 28.7. The molecule has 0 aromatic heterocycles. The molecule has 0 aromatic carbocycles. The molecule has 2 fully saturated rings. The van der Waals surface area contributed by atoms with Gasteiger partial charge in [0.15, 0.2) is 0 Å². The van der Waals surface area contributed by atoms with Crippen LogP contribution >= 0.6 is 0 Å². The molecule has 2 heterocycles. The van der Waals surface area contributed by atoms with Gasteiger partial charge in [0.25, 0.3) is 0 Å². The van der Waals surface area contributed by atoms with Crippen molar-refractivity contribution >= 4 is 0 Å². The number of piperazine rings is 1. The molecule has 0 spiro atoms. The molecule has 2 aliphatic heterocycles. The third-order valence-electron chi connectivity index (χ3n) is 2.83. The molecule has 2 bridgehead atoms. The molecule has 3 heteroatoms. The fraction of sp³-hybridized carbons (Fsp3) is 0.923. The Morgan fingerprint density at radius 2 is 1.69 bits per heavy atom. The SMILES string of the molecule is CC(C)(C)N1C[C@H]2C[C@@H]1C[N-]2.C[C-](C)C.[U+2]. The topological polar surface area (TPSA) is 17.3 Å². The molecule has 0 amide bonds. The van der Waals surface area contributed by atoms with E-state index in [0.717, 1.165) is 12.6 Å². The van der Waals surface area contributed by atoms with Crippen molar-refractivity contribution in [3.8, 4) is 0 Å². The predicted molar refractivity (Wildman–Crippen MR) is 67.1 cm³/mol. The smallest absolute Gasteiger partial charge is 0.657 e. The first kappa shape index (κ1) is 17.0. The molecular formula is C13H26N2U. The Kier molecular flexibility index (Phi) is 7.20. The molecule has 0 aromatic rings. The second kappa shape index (κ2) is 6.78. The van der Waals surface area contributed by atoms with Crippen molar-refractivity contribution in [2.45, 2.75) is 65.6 Å². The van der Waals surface area contributed by atoms with Crippen molar-refractivity contribution in [2.24, 2.45) is 0 Å². The Labute approximate surface area is 125 Å². The Morgan fingerprint density at radius 3 is 1.88 bits per heavy atom. The van der Waals surface area contributed by atoms with Crippen LogP contribution in [0.25, 0.3) is 5.32 Å². The average molecular weight is 448 g/mol. The minimum absolute atomic E-state index is 0. The molecule has 0 unspecified atom stereocenters. The van der Waals surface area contributed by atoms with Crippen molar-refractivity contribution in [3.63, 3.8) is 0 Å². The molecule has 2 nitrogen and oxygen atoms in total. The van der Waals surface area contributed by atoms with Gasteiger partial charge in [-0.05, 0) is 33.4 Å². The van der Waals surface area contributed by atoms with E-state index in [4.69, 9.17) is 0 Å². The summed E-state index contributed by atoms with van der Waals surface area (Å²) in [5.74, 6) is 1.42. The van der Waals surface area contributed by atoms with E-state index in [1.165, 1.54) is 18.9 Å². The van der Waals surface area contributed by atoms with Crippen LogP contribution in [0.15, 0.2) is 0 Å². The summed E-state index contributed by atoms with van der Waals surface area (Å²) in [6, 6.07) is 1.43. The monoisotopic (exact) mass is 448 g/mol. The van der Waals surface area contributed by atoms with Gasteiger partial charge in [0.1, 0.15) is 0 Å². The third-order valence-corrected chi connectivity index (χ3v) is 2.83. The maximum atomic E-state index is 4.53. The van der Waals surface area contributed by atoms with Gasteiger partial charge in [0.05, 0.1) is 0 Å². The molecule has 0 N–H and O–H groups in total. The molecule has 0 saturated carbocycles. The largest absolute Gasteiger partial charge is 2.00 e. The summed E-state index contributed by atoms with van der Waals surface area (Å²) in [7, 11) is 0. The minimum atomic E-state index is 0. The van der Waals surface area contributed by atoms with Crippen LogP contribution in [-0.4, -0.2) is 35.6 Å². The van der Waals surface area contributed by atoms with Gasteiger partial charge in [-0.1, -0.05) is 6.42 Å². The van der Waals surface area contributed by atoms with Crippen LogP contribution in [0.5, 0.6) is 0 Å². The second-order valence-electron chi connectivity index (χ2n) is 6.23. The van der Waals surface area contributed by atoms with E-state index < -0.39 is 0 Å². The van der Waals surface area contributed by atoms with Gasteiger partial charge in [-0.3, -0.25) is 4.90 Å². The molecule has 92 valence electrons. The molecule has 2 saturated heterocycles. The number of fused-ring (bicyclic) bond motifs is 2. The summed E-state index contributed by atoms with van der Waals surface area (Å²) >= 11 is 0. The Balaban J connectivity index is 0.000000397. The summed E-state index contributed by atoms with van der Waals surface area (Å²) in [5.41, 5.74) is 0.357. The van der Waals surface area contributed by atoms with Crippen molar-refractivity contribution in [1.82, 2.24) is 4.90 Å². The van der Waals surface area contributed by atoms with E-state index in [-0.39, 0.29) is 31.1 Å². The number of hydrogen-bond acceptors (Lipinski definition) is 1. The van der Waals surface area contributed by atoms with Crippen molar-refractivity contribution in [3.05, 3.63) is 11.2 Å². The van der Waals surface area contributed by atoms with Gasteiger partial charge in [-0.15, -0.1) is 12.6 Å². The maximum absolute atomic E-state index is 4.53. The standard InChI is InChI=1S/C9H17N2.C4H9.U/c1-9(2,3)11-6-7-4-8(11)5-10-7;1-4(2)3;/h7-8H,4-6H2,1-3H3;1-3H3;/q2*-1;+2/t7-,8-;;/m1../s1. The zero-order chi connectivity index (χ0) is 11.6. The predicted octanol–water partition coefficient (Wildman–Crippen LogP) is 3.24. The number of nitrogens with zero attached hydrogens (tertiary/aromatic N) is 2. The minimum Gasteiger partial charge on any atom is -0.657 e. The zero-order valence-electron chi connectivity index (χ0n) is 11.7. The molecule has 0 aliphatic carbocycles. The molecule has 2 atom stereocenters. The van der Waals surface area contributed by atoms with E-state index >= 15 is 0 Å². The van der Waals surface area contributed by atoms with E-state index in [1.807, 2.05) is 0 Å². The van der Waals surface area contributed by atoms with Crippen LogP contribution in [0, 0.1) is 37.0 Å². The van der Waals surface area contributed by atoms with Crippen LogP contribution in [0.2, 0.25) is 0 Å². The van der Waals surface area contributed by atoms with Crippen molar-refractivity contribution in [2.75, 3.05) is 13.1 Å². The van der Waals surface area contributed by atoms with Crippen LogP contribution in [0.1, 0.15) is 48.0 Å². The van der Waals surface area contributed by atoms with Crippen LogP contribution in [-0.2, 0) is 0 Å². The summed E-state index contributed by atoms with van der Waals surface area (Å²) in [6.45, 7) is 15.4. The first-order valence-corrected chi connectivity index (χ1v) is 6.01. The van der Waals surface area contributed by atoms with Crippen LogP contribution in [0.4, 0.5) is 0 Å². The summed E-state index contributed by atoms with van der Waals surface area (Å²) in [4.78, 5) is 2.60. The van der Waals surface area contributed by atoms with Crippen molar-refractivity contribution < 1.29 is 31.1 Å². The molecular weight excluding hydrogens is 422 g/mol. The Morgan fingerprint density at radius 1 is 1.19 bits per heavy atom. The fourth-order valence-electron chi connectivity index (χ4n) is 2.29. The van der Waals surface area contributed by atoms with E-state index in [9.17, 15) is 0 Å². The molecule has 0 radical (unpaired) electrons. The van der Waals surface area contributed by atoms with Gasteiger partial charge in [-0.2, -0.15) is 20.8 Å². The van der Waals surface area contributed by atoms with Crippen molar-refractivity contribution in [1.29, 1.82) is 0 Å². The summed E-state index contributed by atoms with van der Waals surface area (Å²) in [5, 5.41) is 4.53. The van der Waals surface area contributed by atoms with Gasteiger partial charge in [-0.25, -0.2) is 0 Å². The summed E-state index contributed by atoms with van der Waals surface area (Å²) < 4.78 is 0. The molecule has 2 aliphatic rings. The van der Waals surface area contributed by atoms with E-state index in [0.29, 0.717) is 11.6 Å². The third kappa shape index (κ3) is 5.09. The summed E-state index contributed by atoms with van der Waals surface area (Å²) in [6.07, 6.45) is 1.32. The quantitative estimate of drug-likeness (QED) is 0.521. The molecule has 16 heavy (non-hydrogen) atoms. The fourth-order valence-corrected chi connectivity index (χ4v) is 2.29. The number of likely N-dealkylation sites (tertiary alicyclic amines) is 1. The first-order chi connectivity index (χ1) is 6.80. The molecule has 2 rings (SSSR count). The van der Waals surface area contributed by atoms with Gasteiger partial charge < -0.3 is 11.2 Å². The number of rotatable bonds is 0.